The lowest BCUT2D eigenvalue weighted by Gasteiger charge is -2.08. The molecule has 0 fully saturated rings. The molecule has 0 bridgehead atoms. The molecule has 0 unspecified atom stereocenters. The van der Waals surface area contributed by atoms with Crippen molar-refractivity contribution in [3.63, 3.8) is 0 Å². The summed E-state index contributed by atoms with van der Waals surface area (Å²) in [4.78, 5) is 3.65. The molecule has 1 rings (SSSR count). The Morgan fingerprint density at radius 2 is 2.12 bits per heavy atom. The van der Waals surface area contributed by atoms with Gasteiger partial charge in [-0.2, -0.15) is 4.99 Å². The van der Waals surface area contributed by atoms with Crippen molar-refractivity contribution in [3.05, 3.63) is 29.8 Å². The molecule has 0 saturated heterocycles. The fourth-order valence-electron chi connectivity index (χ4n) is 1.22. The van der Waals surface area contributed by atoms with Crippen molar-refractivity contribution in [1.29, 1.82) is 5.41 Å². The van der Waals surface area contributed by atoms with E-state index in [2.05, 4.69) is 4.99 Å². The molecule has 0 aromatic heterocycles. The monoisotopic (exact) mass is 252 g/mol. The van der Waals surface area contributed by atoms with E-state index in [1.807, 2.05) is 31.2 Å². The molecule has 5 nitrogen and oxygen atoms in total. The van der Waals surface area contributed by atoms with E-state index in [9.17, 15) is 0 Å². The molecule has 0 radical (unpaired) electrons. The number of thioether (sulfide) groups is 1. The van der Waals surface area contributed by atoms with E-state index in [0.717, 1.165) is 11.3 Å². The first-order valence-electron chi connectivity index (χ1n) is 5.15. The summed E-state index contributed by atoms with van der Waals surface area (Å²) >= 11 is 1.25. The van der Waals surface area contributed by atoms with Gasteiger partial charge in [0.1, 0.15) is 5.75 Å². The van der Waals surface area contributed by atoms with Crippen molar-refractivity contribution < 1.29 is 4.74 Å². The molecule has 0 aliphatic heterocycles. The minimum absolute atomic E-state index is 0.0938. The summed E-state index contributed by atoms with van der Waals surface area (Å²) in [6, 6.07) is 7.72. The van der Waals surface area contributed by atoms with Gasteiger partial charge in [-0.3, -0.25) is 5.41 Å². The third kappa shape index (κ3) is 4.78. The molecule has 92 valence electrons. The van der Waals surface area contributed by atoms with Gasteiger partial charge in [0.25, 0.3) is 0 Å². The van der Waals surface area contributed by atoms with Crippen LogP contribution in [0.15, 0.2) is 29.3 Å². The summed E-state index contributed by atoms with van der Waals surface area (Å²) in [7, 11) is 0. The van der Waals surface area contributed by atoms with Gasteiger partial charge in [-0.25, -0.2) is 0 Å². The Hall–Kier alpha value is -1.69. The summed E-state index contributed by atoms with van der Waals surface area (Å²) in [5, 5.41) is 7.61. The summed E-state index contributed by atoms with van der Waals surface area (Å²) in [6.45, 7) is 2.55. The highest BCUT2D eigenvalue weighted by atomic mass is 32.2. The zero-order valence-electron chi connectivity index (χ0n) is 9.64. The number of para-hydroxylation sites is 1. The number of hydrogen-bond acceptors (Lipinski definition) is 3. The molecule has 17 heavy (non-hydrogen) atoms. The zero-order chi connectivity index (χ0) is 12.7. The molecule has 5 N–H and O–H groups in total. The Kier molecular flexibility index (Phi) is 5.35. The number of hydrogen-bond donors (Lipinski definition) is 3. The van der Waals surface area contributed by atoms with Crippen LogP contribution in [-0.4, -0.2) is 17.7 Å². The Morgan fingerprint density at radius 1 is 1.41 bits per heavy atom. The lowest BCUT2D eigenvalue weighted by atomic mass is 10.2. The number of guanidine groups is 1. The Labute approximate surface area is 105 Å². The number of benzene rings is 1. The Balaban J connectivity index is 2.62. The van der Waals surface area contributed by atoms with Crippen molar-refractivity contribution in [2.75, 3.05) is 6.61 Å². The number of amidine groups is 1. The predicted octanol–water partition coefficient (Wildman–Crippen LogP) is 1.53. The number of ether oxygens (including phenoxy) is 1. The normalized spacial score (nSPS) is 9.71. The average molecular weight is 252 g/mol. The van der Waals surface area contributed by atoms with Gasteiger partial charge in [-0.05, 0) is 13.0 Å². The highest BCUT2D eigenvalue weighted by Crippen LogP contribution is 2.23. The number of nitrogens with zero attached hydrogens (tertiary/aromatic N) is 1. The predicted molar refractivity (Wildman–Crippen MR) is 72.4 cm³/mol. The van der Waals surface area contributed by atoms with Crippen molar-refractivity contribution in [3.8, 4) is 5.75 Å². The van der Waals surface area contributed by atoms with Gasteiger partial charge in [0, 0.05) is 11.3 Å². The SMILES string of the molecule is CCOc1ccccc1CSC(=N)N=C(N)N. The van der Waals surface area contributed by atoms with E-state index in [1.54, 1.807) is 0 Å². The van der Waals surface area contributed by atoms with E-state index in [0.29, 0.717) is 12.4 Å². The fraction of sp³-hybridized carbons (Fsp3) is 0.273. The van der Waals surface area contributed by atoms with Gasteiger partial charge >= 0.3 is 0 Å². The van der Waals surface area contributed by atoms with E-state index in [1.165, 1.54) is 11.8 Å². The van der Waals surface area contributed by atoms with Crippen LogP contribution in [0.5, 0.6) is 5.75 Å². The van der Waals surface area contributed by atoms with Crippen LogP contribution in [0.2, 0.25) is 0 Å². The van der Waals surface area contributed by atoms with Crippen LogP contribution in [0.25, 0.3) is 0 Å². The van der Waals surface area contributed by atoms with Crippen molar-refractivity contribution >= 4 is 22.9 Å². The molecule has 0 atom stereocenters. The third-order valence-electron chi connectivity index (χ3n) is 1.87. The van der Waals surface area contributed by atoms with E-state index in [-0.39, 0.29) is 11.1 Å². The smallest absolute Gasteiger partial charge is 0.193 e. The first kappa shape index (κ1) is 13.4. The molecular formula is C11H16N4OS. The maximum Gasteiger partial charge on any atom is 0.193 e. The quantitative estimate of drug-likeness (QED) is 0.559. The number of aliphatic imine (C=N–C) groups is 1. The van der Waals surface area contributed by atoms with E-state index >= 15 is 0 Å². The molecule has 1 aromatic rings. The molecule has 0 aliphatic rings. The first-order chi connectivity index (χ1) is 8.13. The van der Waals surface area contributed by atoms with Gasteiger partial charge < -0.3 is 16.2 Å². The molecule has 0 amide bonds. The Bertz CT molecular complexity index is 416. The topological polar surface area (TPSA) is 97.5 Å². The number of rotatable bonds is 4. The van der Waals surface area contributed by atoms with Crippen LogP contribution >= 0.6 is 11.8 Å². The lowest BCUT2D eigenvalue weighted by molar-refractivity contribution is 0.337. The molecular weight excluding hydrogens is 236 g/mol. The van der Waals surface area contributed by atoms with Crippen molar-refractivity contribution in [2.45, 2.75) is 12.7 Å². The highest BCUT2D eigenvalue weighted by molar-refractivity contribution is 8.13. The van der Waals surface area contributed by atoms with Gasteiger partial charge in [0.2, 0.25) is 0 Å². The summed E-state index contributed by atoms with van der Waals surface area (Å²) < 4.78 is 5.48. The number of nitrogens with two attached hydrogens (primary N) is 2. The summed E-state index contributed by atoms with van der Waals surface area (Å²) in [5.74, 6) is 1.34. The molecule has 0 spiro atoms. The van der Waals surface area contributed by atoms with Crippen LogP contribution < -0.4 is 16.2 Å². The van der Waals surface area contributed by atoms with E-state index in [4.69, 9.17) is 21.6 Å². The maximum absolute atomic E-state index is 7.52. The standard InChI is InChI=1S/C11H16N4OS/c1-2-16-9-6-4-3-5-8(9)7-17-11(14)15-10(12)13/h3-6H,2,7H2,1H3,(H5,12,13,14,15). The molecule has 0 aliphatic carbocycles. The zero-order valence-corrected chi connectivity index (χ0v) is 10.5. The summed E-state index contributed by atoms with van der Waals surface area (Å²) in [5.41, 5.74) is 11.4. The lowest BCUT2D eigenvalue weighted by Crippen LogP contribution is -2.23. The van der Waals surface area contributed by atoms with Crippen LogP contribution in [0, 0.1) is 5.41 Å². The van der Waals surface area contributed by atoms with Gasteiger partial charge in [0.15, 0.2) is 11.1 Å². The van der Waals surface area contributed by atoms with Gasteiger partial charge in [-0.15, -0.1) is 0 Å². The Morgan fingerprint density at radius 3 is 2.76 bits per heavy atom. The average Bonchev–Trinajstić information content (AvgIpc) is 2.27. The largest absolute Gasteiger partial charge is 0.494 e. The first-order valence-corrected chi connectivity index (χ1v) is 6.13. The second-order valence-corrected chi connectivity index (χ2v) is 4.14. The van der Waals surface area contributed by atoms with Gasteiger partial charge in [0.05, 0.1) is 6.61 Å². The molecule has 0 saturated carbocycles. The minimum Gasteiger partial charge on any atom is -0.494 e. The van der Waals surface area contributed by atoms with Crippen LogP contribution in [0.1, 0.15) is 12.5 Å². The minimum atomic E-state index is -0.0967. The van der Waals surface area contributed by atoms with Crippen LogP contribution in [0.3, 0.4) is 0 Å². The molecule has 0 heterocycles. The van der Waals surface area contributed by atoms with Crippen LogP contribution in [0.4, 0.5) is 0 Å². The van der Waals surface area contributed by atoms with Crippen LogP contribution in [-0.2, 0) is 5.75 Å². The fourth-order valence-corrected chi connectivity index (χ4v) is 1.92. The maximum atomic E-state index is 7.52. The second kappa shape index (κ2) is 6.80. The summed E-state index contributed by atoms with van der Waals surface area (Å²) in [6.07, 6.45) is 0. The van der Waals surface area contributed by atoms with Crippen molar-refractivity contribution in [1.82, 2.24) is 0 Å². The van der Waals surface area contributed by atoms with Gasteiger partial charge in [-0.1, -0.05) is 30.0 Å². The second-order valence-electron chi connectivity index (χ2n) is 3.17. The molecule has 1 aromatic carbocycles. The van der Waals surface area contributed by atoms with Crippen molar-refractivity contribution in [2.24, 2.45) is 16.5 Å². The van der Waals surface area contributed by atoms with E-state index < -0.39 is 0 Å². The highest BCUT2D eigenvalue weighted by Gasteiger charge is 2.04. The molecule has 6 heteroatoms. The third-order valence-corrected chi connectivity index (χ3v) is 2.69. The number of nitrogens with one attached hydrogen (secondary N) is 1.